The molecule has 0 radical (unpaired) electrons. The Morgan fingerprint density at radius 3 is 2.47 bits per heavy atom. The fourth-order valence-corrected chi connectivity index (χ4v) is 1.40. The summed E-state index contributed by atoms with van der Waals surface area (Å²) in [7, 11) is 0. The van der Waals surface area contributed by atoms with Crippen molar-refractivity contribution in [1.82, 2.24) is 5.43 Å². The van der Waals surface area contributed by atoms with Crippen LogP contribution in [0.5, 0.6) is 0 Å². The highest BCUT2D eigenvalue weighted by Gasteiger charge is 2.03. The molecule has 0 heterocycles. The fraction of sp³-hybridized carbons (Fsp3) is 0.385. The SMILES string of the molecule is CCC(/C=N/NC(=O)c1ccc(N)cc1)CC. The molecule has 0 unspecified atom stereocenters. The topological polar surface area (TPSA) is 67.5 Å². The lowest BCUT2D eigenvalue weighted by Crippen LogP contribution is -2.18. The molecule has 0 aliphatic rings. The van der Waals surface area contributed by atoms with Crippen molar-refractivity contribution in [1.29, 1.82) is 0 Å². The molecule has 0 spiro atoms. The molecule has 1 aromatic carbocycles. The number of hydrazone groups is 1. The van der Waals surface area contributed by atoms with Gasteiger partial charge in [-0.2, -0.15) is 5.10 Å². The Bertz CT molecular complexity index is 380. The van der Waals surface area contributed by atoms with Crippen LogP contribution >= 0.6 is 0 Å². The Kier molecular flexibility index (Phi) is 5.20. The van der Waals surface area contributed by atoms with E-state index in [1.807, 2.05) is 0 Å². The van der Waals surface area contributed by atoms with Gasteiger partial charge in [-0.1, -0.05) is 13.8 Å². The van der Waals surface area contributed by atoms with Crippen molar-refractivity contribution in [2.24, 2.45) is 11.0 Å². The van der Waals surface area contributed by atoms with Crippen molar-refractivity contribution >= 4 is 17.8 Å². The van der Waals surface area contributed by atoms with Gasteiger partial charge in [-0.05, 0) is 43.0 Å². The van der Waals surface area contributed by atoms with Crippen LogP contribution in [-0.2, 0) is 0 Å². The number of benzene rings is 1. The highest BCUT2D eigenvalue weighted by atomic mass is 16.2. The average molecular weight is 233 g/mol. The molecule has 1 aromatic rings. The summed E-state index contributed by atoms with van der Waals surface area (Å²) in [6, 6.07) is 6.74. The zero-order chi connectivity index (χ0) is 12.7. The Hall–Kier alpha value is -1.84. The first-order valence-electron chi connectivity index (χ1n) is 5.86. The minimum atomic E-state index is -0.216. The number of carbonyl (C=O) groups excluding carboxylic acids is 1. The number of nitrogens with two attached hydrogens (primary N) is 1. The summed E-state index contributed by atoms with van der Waals surface area (Å²) >= 11 is 0. The Morgan fingerprint density at radius 1 is 1.35 bits per heavy atom. The maximum Gasteiger partial charge on any atom is 0.271 e. The predicted molar refractivity (Wildman–Crippen MR) is 70.9 cm³/mol. The first-order valence-corrected chi connectivity index (χ1v) is 5.86. The minimum Gasteiger partial charge on any atom is -0.399 e. The number of nitrogens with zero attached hydrogens (tertiary/aromatic N) is 1. The first-order chi connectivity index (χ1) is 8.17. The summed E-state index contributed by atoms with van der Waals surface area (Å²) in [6.07, 6.45) is 3.84. The van der Waals surface area contributed by atoms with Gasteiger partial charge in [0, 0.05) is 17.5 Å². The molecule has 1 rings (SSSR count). The molecule has 0 bridgehead atoms. The highest BCUT2D eigenvalue weighted by Crippen LogP contribution is 2.05. The lowest BCUT2D eigenvalue weighted by molar-refractivity contribution is 0.0955. The van der Waals surface area contributed by atoms with Crippen molar-refractivity contribution in [3.05, 3.63) is 29.8 Å². The molecule has 4 nitrogen and oxygen atoms in total. The number of amides is 1. The average Bonchev–Trinajstić information content (AvgIpc) is 2.35. The molecule has 0 aromatic heterocycles. The summed E-state index contributed by atoms with van der Waals surface area (Å²) < 4.78 is 0. The van der Waals surface area contributed by atoms with Gasteiger partial charge in [0.1, 0.15) is 0 Å². The van der Waals surface area contributed by atoms with E-state index in [9.17, 15) is 4.79 Å². The maximum atomic E-state index is 11.6. The third kappa shape index (κ3) is 4.26. The lowest BCUT2D eigenvalue weighted by Gasteiger charge is -2.04. The summed E-state index contributed by atoms with van der Waals surface area (Å²) in [4.78, 5) is 11.6. The van der Waals surface area contributed by atoms with Gasteiger partial charge in [-0.3, -0.25) is 4.79 Å². The third-order valence-electron chi connectivity index (χ3n) is 2.67. The van der Waals surface area contributed by atoms with E-state index < -0.39 is 0 Å². The molecule has 0 saturated heterocycles. The van der Waals surface area contributed by atoms with Crippen molar-refractivity contribution in [3.63, 3.8) is 0 Å². The van der Waals surface area contributed by atoms with Crippen LogP contribution in [-0.4, -0.2) is 12.1 Å². The number of hydrogen-bond acceptors (Lipinski definition) is 3. The molecule has 0 atom stereocenters. The molecule has 4 heteroatoms. The van der Waals surface area contributed by atoms with Gasteiger partial charge in [0.05, 0.1) is 0 Å². The minimum absolute atomic E-state index is 0.216. The second-order valence-corrected chi connectivity index (χ2v) is 3.92. The van der Waals surface area contributed by atoms with Gasteiger partial charge in [0.25, 0.3) is 5.91 Å². The summed E-state index contributed by atoms with van der Waals surface area (Å²) in [6.45, 7) is 4.20. The van der Waals surface area contributed by atoms with Gasteiger partial charge in [-0.25, -0.2) is 5.43 Å². The van der Waals surface area contributed by atoms with Crippen LogP contribution in [0.15, 0.2) is 29.4 Å². The molecule has 1 amide bonds. The molecule has 0 aliphatic carbocycles. The largest absolute Gasteiger partial charge is 0.399 e. The first kappa shape index (κ1) is 13.2. The van der Waals surface area contributed by atoms with E-state index in [4.69, 9.17) is 5.73 Å². The van der Waals surface area contributed by atoms with Crippen molar-refractivity contribution in [3.8, 4) is 0 Å². The Balaban J connectivity index is 2.52. The molecule has 17 heavy (non-hydrogen) atoms. The van der Waals surface area contributed by atoms with Crippen LogP contribution in [0.1, 0.15) is 37.0 Å². The summed E-state index contributed by atoms with van der Waals surface area (Å²) in [5.74, 6) is 0.203. The molecule has 0 aliphatic heterocycles. The highest BCUT2D eigenvalue weighted by molar-refractivity contribution is 5.94. The number of rotatable bonds is 5. The van der Waals surface area contributed by atoms with Crippen LogP contribution < -0.4 is 11.2 Å². The molecule has 0 fully saturated rings. The number of hydrogen-bond donors (Lipinski definition) is 2. The zero-order valence-electron chi connectivity index (χ0n) is 10.3. The van der Waals surface area contributed by atoms with Crippen LogP contribution in [0.25, 0.3) is 0 Å². The standard InChI is InChI=1S/C13H19N3O/c1-3-10(4-2)9-15-16-13(17)11-5-7-12(14)8-6-11/h5-10H,3-4,14H2,1-2H3,(H,16,17)/b15-9+. The van der Waals surface area contributed by atoms with Crippen LogP contribution in [0.3, 0.4) is 0 Å². The maximum absolute atomic E-state index is 11.6. The van der Waals surface area contributed by atoms with E-state index in [0.29, 0.717) is 17.2 Å². The number of carbonyl (C=O) groups is 1. The van der Waals surface area contributed by atoms with E-state index in [2.05, 4.69) is 24.4 Å². The quantitative estimate of drug-likeness (QED) is 0.466. The fourth-order valence-electron chi connectivity index (χ4n) is 1.40. The third-order valence-corrected chi connectivity index (χ3v) is 2.67. The lowest BCUT2D eigenvalue weighted by atomic mass is 10.1. The van der Waals surface area contributed by atoms with Crippen molar-refractivity contribution in [2.75, 3.05) is 5.73 Å². The molecular weight excluding hydrogens is 214 g/mol. The van der Waals surface area contributed by atoms with E-state index in [0.717, 1.165) is 12.8 Å². The summed E-state index contributed by atoms with van der Waals surface area (Å²) in [5.41, 5.74) is 9.25. The van der Waals surface area contributed by atoms with E-state index in [1.54, 1.807) is 30.5 Å². The van der Waals surface area contributed by atoms with E-state index >= 15 is 0 Å². The van der Waals surface area contributed by atoms with Gasteiger partial charge in [-0.15, -0.1) is 0 Å². The van der Waals surface area contributed by atoms with Gasteiger partial charge in [0.2, 0.25) is 0 Å². The van der Waals surface area contributed by atoms with Gasteiger partial charge in [0.15, 0.2) is 0 Å². The van der Waals surface area contributed by atoms with Gasteiger partial charge < -0.3 is 5.73 Å². The zero-order valence-corrected chi connectivity index (χ0v) is 10.3. The van der Waals surface area contributed by atoms with E-state index in [-0.39, 0.29) is 5.91 Å². The van der Waals surface area contributed by atoms with Gasteiger partial charge >= 0.3 is 0 Å². The van der Waals surface area contributed by atoms with Crippen molar-refractivity contribution in [2.45, 2.75) is 26.7 Å². The van der Waals surface area contributed by atoms with Crippen LogP contribution in [0.2, 0.25) is 0 Å². The number of nitrogen functional groups attached to an aromatic ring is 1. The number of anilines is 1. The second kappa shape index (κ2) is 6.68. The predicted octanol–water partition coefficient (Wildman–Crippen LogP) is 2.42. The molecule has 0 saturated carbocycles. The van der Waals surface area contributed by atoms with Crippen LogP contribution in [0, 0.1) is 5.92 Å². The van der Waals surface area contributed by atoms with E-state index in [1.165, 1.54) is 0 Å². The smallest absolute Gasteiger partial charge is 0.271 e. The summed E-state index contributed by atoms with van der Waals surface area (Å²) in [5, 5.41) is 3.96. The molecule has 92 valence electrons. The normalized spacial score (nSPS) is 11.0. The van der Waals surface area contributed by atoms with Crippen LogP contribution in [0.4, 0.5) is 5.69 Å². The Labute approximate surface area is 102 Å². The number of nitrogens with one attached hydrogen (secondary N) is 1. The second-order valence-electron chi connectivity index (χ2n) is 3.92. The monoisotopic (exact) mass is 233 g/mol. The molecule has 3 N–H and O–H groups in total. The Morgan fingerprint density at radius 2 is 1.94 bits per heavy atom. The van der Waals surface area contributed by atoms with Crippen molar-refractivity contribution < 1.29 is 4.79 Å². The molecular formula is C13H19N3O.